The van der Waals surface area contributed by atoms with E-state index in [9.17, 15) is 8.42 Å². The summed E-state index contributed by atoms with van der Waals surface area (Å²) in [6.07, 6.45) is 2.78. The number of hydrogen-bond donors (Lipinski definition) is 1. The van der Waals surface area contributed by atoms with Gasteiger partial charge < -0.3 is 10.1 Å². The van der Waals surface area contributed by atoms with E-state index in [0.717, 1.165) is 32.4 Å². The zero-order valence-electron chi connectivity index (χ0n) is 12.0. The molecule has 2 aliphatic heterocycles. The first kappa shape index (κ1) is 16.5. The van der Waals surface area contributed by atoms with E-state index >= 15 is 0 Å². The highest BCUT2D eigenvalue weighted by molar-refractivity contribution is 7.89. The van der Waals surface area contributed by atoms with Crippen LogP contribution in [0.1, 0.15) is 19.3 Å². The normalized spacial score (nSPS) is 26.0. The molecule has 0 amide bonds. The Kier molecular flexibility index (Phi) is 5.14. The first-order valence-electron chi connectivity index (χ1n) is 7.02. The van der Waals surface area contributed by atoms with Crippen molar-refractivity contribution in [2.75, 3.05) is 20.2 Å². The number of rotatable bonds is 3. The molecule has 2 saturated heterocycles. The molecule has 21 heavy (non-hydrogen) atoms. The molecule has 118 valence electrons. The summed E-state index contributed by atoms with van der Waals surface area (Å²) < 4.78 is 32.9. The largest absolute Gasteiger partial charge is 0.495 e. The Labute approximate surface area is 132 Å². The van der Waals surface area contributed by atoms with Gasteiger partial charge in [0.1, 0.15) is 10.6 Å². The van der Waals surface area contributed by atoms with Gasteiger partial charge in [-0.15, -0.1) is 12.4 Å². The topological polar surface area (TPSA) is 58.6 Å². The molecule has 1 N–H and O–H groups in total. The van der Waals surface area contributed by atoms with Crippen LogP contribution < -0.4 is 10.1 Å². The fourth-order valence-electron chi connectivity index (χ4n) is 3.28. The van der Waals surface area contributed by atoms with Gasteiger partial charge in [-0.3, -0.25) is 0 Å². The first-order valence-corrected chi connectivity index (χ1v) is 8.46. The lowest BCUT2D eigenvalue weighted by molar-refractivity contribution is 0.331. The van der Waals surface area contributed by atoms with Crippen LogP contribution in [-0.4, -0.2) is 45.0 Å². The molecule has 2 bridgehead atoms. The van der Waals surface area contributed by atoms with Crippen LogP contribution in [0.3, 0.4) is 0 Å². The summed E-state index contributed by atoms with van der Waals surface area (Å²) in [6.45, 7) is 1.63. The lowest BCUT2D eigenvalue weighted by atomic mass is 10.1. The van der Waals surface area contributed by atoms with Crippen molar-refractivity contribution in [3.63, 3.8) is 0 Å². The van der Waals surface area contributed by atoms with Gasteiger partial charge in [-0.1, -0.05) is 12.1 Å². The first-order chi connectivity index (χ1) is 9.64. The minimum atomic E-state index is -3.50. The molecule has 2 atom stereocenters. The number of halogens is 1. The molecule has 2 aliphatic rings. The van der Waals surface area contributed by atoms with Crippen LogP contribution in [0.4, 0.5) is 0 Å². The molecule has 0 aliphatic carbocycles. The number of para-hydroxylation sites is 1. The third-order valence-corrected chi connectivity index (χ3v) is 6.26. The molecule has 2 heterocycles. The molecule has 5 nitrogen and oxygen atoms in total. The Morgan fingerprint density at radius 3 is 2.67 bits per heavy atom. The molecule has 0 radical (unpaired) electrons. The summed E-state index contributed by atoms with van der Waals surface area (Å²) in [5.41, 5.74) is 0. The second-order valence-electron chi connectivity index (χ2n) is 5.36. The van der Waals surface area contributed by atoms with Crippen LogP contribution in [0.25, 0.3) is 0 Å². The zero-order valence-corrected chi connectivity index (χ0v) is 13.6. The lowest BCUT2D eigenvalue weighted by Crippen LogP contribution is -2.42. The van der Waals surface area contributed by atoms with Crippen LogP contribution >= 0.6 is 12.4 Å². The summed E-state index contributed by atoms with van der Waals surface area (Å²) in [4.78, 5) is 0.279. The monoisotopic (exact) mass is 332 g/mol. The Balaban J connectivity index is 0.00000161. The number of hydrogen-bond acceptors (Lipinski definition) is 4. The van der Waals surface area contributed by atoms with Gasteiger partial charge in [-0.2, -0.15) is 4.31 Å². The van der Waals surface area contributed by atoms with E-state index < -0.39 is 10.0 Å². The number of nitrogens with one attached hydrogen (secondary N) is 1. The molecular weight excluding hydrogens is 312 g/mol. The minimum Gasteiger partial charge on any atom is -0.495 e. The second kappa shape index (κ2) is 6.52. The predicted octanol–water partition coefficient (Wildman–Crippen LogP) is 1.63. The standard InChI is InChI=1S/C14H20N2O3S.ClH/c1-19-13-4-2-3-5-14(13)20(17,18)16-11-6-7-12(16)10-15-9-8-11;/h2-5,11-12,15H,6-10H2,1H3;1H. The van der Waals surface area contributed by atoms with Crippen molar-refractivity contribution in [2.45, 2.75) is 36.2 Å². The van der Waals surface area contributed by atoms with Crippen LogP contribution in [0.2, 0.25) is 0 Å². The summed E-state index contributed by atoms with van der Waals surface area (Å²) in [7, 11) is -1.99. The van der Waals surface area contributed by atoms with E-state index in [2.05, 4.69) is 5.32 Å². The van der Waals surface area contributed by atoms with Gasteiger partial charge in [-0.05, 0) is 37.9 Å². The molecule has 0 aromatic heterocycles. The number of methoxy groups -OCH3 is 1. The van der Waals surface area contributed by atoms with E-state index in [4.69, 9.17) is 4.74 Å². The van der Waals surface area contributed by atoms with E-state index in [1.165, 1.54) is 7.11 Å². The average molecular weight is 333 g/mol. The zero-order chi connectivity index (χ0) is 14.2. The van der Waals surface area contributed by atoms with Gasteiger partial charge >= 0.3 is 0 Å². The van der Waals surface area contributed by atoms with Crippen molar-refractivity contribution in [3.05, 3.63) is 24.3 Å². The summed E-state index contributed by atoms with van der Waals surface area (Å²) >= 11 is 0. The smallest absolute Gasteiger partial charge is 0.247 e. The fourth-order valence-corrected chi connectivity index (χ4v) is 5.34. The molecule has 0 spiro atoms. The maximum atomic E-state index is 13.0. The van der Waals surface area contributed by atoms with Gasteiger partial charge in [0.15, 0.2) is 0 Å². The van der Waals surface area contributed by atoms with Gasteiger partial charge in [0, 0.05) is 18.6 Å². The van der Waals surface area contributed by atoms with Gasteiger partial charge in [0.2, 0.25) is 10.0 Å². The van der Waals surface area contributed by atoms with Crippen molar-refractivity contribution < 1.29 is 13.2 Å². The highest BCUT2D eigenvalue weighted by atomic mass is 35.5. The van der Waals surface area contributed by atoms with Gasteiger partial charge in [0.05, 0.1) is 7.11 Å². The second-order valence-corrected chi connectivity index (χ2v) is 7.18. The van der Waals surface area contributed by atoms with Crippen molar-refractivity contribution in [1.29, 1.82) is 0 Å². The molecule has 2 fully saturated rings. The molecular formula is C14H21ClN2O3S. The maximum absolute atomic E-state index is 13.0. The Morgan fingerprint density at radius 2 is 1.90 bits per heavy atom. The summed E-state index contributed by atoms with van der Waals surface area (Å²) in [5, 5.41) is 3.32. The quantitative estimate of drug-likeness (QED) is 0.914. The molecule has 1 aromatic rings. The van der Waals surface area contributed by atoms with Crippen LogP contribution in [-0.2, 0) is 10.0 Å². The maximum Gasteiger partial charge on any atom is 0.247 e. The third kappa shape index (κ3) is 2.90. The average Bonchev–Trinajstić information content (AvgIpc) is 2.72. The van der Waals surface area contributed by atoms with E-state index in [1.807, 2.05) is 0 Å². The SMILES string of the molecule is COc1ccccc1S(=O)(=O)N1C2CCNCC1CC2.Cl. The van der Waals surface area contributed by atoms with Gasteiger partial charge in [0.25, 0.3) is 0 Å². The molecule has 7 heteroatoms. The number of sulfonamides is 1. The van der Waals surface area contributed by atoms with Crippen LogP contribution in [0.5, 0.6) is 5.75 Å². The van der Waals surface area contributed by atoms with Crippen molar-refractivity contribution in [2.24, 2.45) is 0 Å². The van der Waals surface area contributed by atoms with Gasteiger partial charge in [-0.25, -0.2) is 8.42 Å². The number of fused-ring (bicyclic) bond motifs is 2. The minimum absolute atomic E-state index is 0. The fraction of sp³-hybridized carbons (Fsp3) is 0.571. The van der Waals surface area contributed by atoms with Crippen molar-refractivity contribution in [1.82, 2.24) is 9.62 Å². The Bertz CT molecular complexity index is 580. The highest BCUT2D eigenvalue weighted by Gasteiger charge is 2.43. The van der Waals surface area contributed by atoms with Crippen molar-refractivity contribution >= 4 is 22.4 Å². The molecule has 2 unspecified atom stereocenters. The lowest BCUT2D eigenvalue weighted by Gasteiger charge is -2.27. The molecule has 3 rings (SSSR count). The Morgan fingerprint density at radius 1 is 1.19 bits per heavy atom. The Hall–Kier alpha value is -0.820. The summed E-state index contributed by atoms with van der Waals surface area (Å²) in [6, 6.07) is 7.04. The number of ether oxygens (including phenoxy) is 1. The van der Waals surface area contributed by atoms with E-state index in [1.54, 1.807) is 28.6 Å². The summed E-state index contributed by atoms with van der Waals surface area (Å²) in [5.74, 6) is 0.420. The number of nitrogens with zero attached hydrogens (tertiary/aromatic N) is 1. The van der Waals surface area contributed by atoms with Crippen molar-refractivity contribution in [3.8, 4) is 5.75 Å². The highest BCUT2D eigenvalue weighted by Crippen LogP contribution is 2.36. The molecule has 0 saturated carbocycles. The third-order valence-electron chi connectivity index (χ3n) is 4.21. The van der Waals surface area contributed by atoms with Crippen LogP contribution in [0, 0.1) is 0 Å². The number of benzene rings is 1. The van der Waals surface area contributed by atoms with Crippen LogP contribution in [0.15, 0.2) is 29.2 Å². The predicted molar refractivity (Wildman–Crippen MR) is 83.6 cm³/mol. The van der Waals surface area contributed by atoms with E-state index in [-0.39, 0.29) is 29.4 Å². The molecule has 1 aromatic carbocycles. The van der Waals surface area contributed by atoms with E-state index in [0.29, 0.717) is 5.75 Å².